The number of nitrogens with one attached hydrogen (secondary N) is 1. The Morgan fingerprint density at radius 3 is 2.48 bits per heavy atom. The molecule has 0 aliphatic heterocycles. The molecule has 0 amide bonds. The maximum absolute atomic E-state index is 10.9. The molecule has 2 rings (SSSR count). The molecule has 0 radical (unpaired) electrons. The number of hydrogen-bond acceptors (Lipinski definition) is 5. The predicted molar refractivity (Wildman–Crippen MR) is 77.6 cm³/mol. The molecule has 0 fully saturated rings. The Balaban J connectivity index is 2.22. The van der Waals surface area contributed by atoms with Crippen LogP contribution in [0.2, 0.25) is 0 Å². The van der Waals surface area contributed by atoms with E-state index in [0.29, 0.717) is 18.0 Å². The Labute approximate surface area is 123 Å². The number of carbonyl (C=O) groups excluding carboxylic acids is 1. The Bertz CT molecular complexity index is 640. The Morgan fingerprint density at radius 1 is 1.10 bits per heavy atom. The number of methoxy groups -OCH3 is 2. The van der Waals surface area contributed by atoms with E-state index >= 15 is 0 Å². The number of carboxylic acid groups (broad SMARTS) is 1. The molecule has 2 aromatic carbocycles. The maximum atomic E-state index is 10.9. The van der Waals surface area contributed by atoms with Gasteiger partial charge in [0.15, 0.2) is 0 Å². The summed E-state index contributed by atoms with van der Waals surface area (Å²) in [6.07, 6.45) is 0. The normalized spacial score (nSPS) is 10.0. The Morgan fingerprint density at radius 2 is 1.81 bits per heavy atom. The number of carboxylic acids is 1. The molecule has 1 N–H and O–H groups in total. The summed E-state index contributed by atoms with van der Waals surface area (Å²) in [4.78, 5) is 10.9. The third kappa shape index (κ3) is 3.45. The molecule has 0 saturated heterocycles. The van der Waals surface area contributed by atoms with Crippen molar-refractivity contribution in [1.29, 1.82) is 0 Å². The van der Waals surface area contributed by atoms with Crippen LogP contribution in [-0.4, -0.2) is 20.2 Å². The second-order valence-electron chi connectivity index (χ2n) is 4.37. The van der Waals surface area contributed by atoms with Crippen molar-refractivity contribution in [1.82, 2.24) is 0 Å². The van der Waals surface area contributed by atoms with Crippen molar-refractivity contribution < 1.29 is 19.4 Å². The molecule has 2 aromatic rings. The molecule has 0 spiro atoms. The molecule has 0 aliphatic rings. The molecule has 110 valence electrons. The van der Waals surface area contributed by atoms with Crippen molar-refractivity contribution >= 4 is 11.7 Å². The minimum atomic E-state index is -1.22. The van der Waals surface area contributed by atoms with Crippen LogP contribution in [-0.2, 0) is 6.54 Å². The quantitative estimate of drug-likeness (QED) is 0.875. The van der Waals surface area contributed by atoms with E-state index in [1.54, 1.807) is 13.2 Å². The van der Waals surface area contributed by atoms with Crippen LogP contribution in [0.5, 0.6) is 11.5 Å². The number of ether oxygens (including phenoxy) is 2. The lowest BCUT2D eigenvalue weighted by molar-refractivity contribution is -0.255. The van der Waals surface area contributed by atoms with Gasteiger partial charge < -0.3 is 24.7 Å². The van der Waals surface area contributed by atoms with E-state index in [1.165, 1.54) is 19.2 Å². The minimum absolute atomic E-state index is 0.0957. The first kappa shape index (κ1) is 14.7. The highest BCUT2D eigenvalue weighted by Crippen LogP contribution is 2.27. The summed E-state index contributed by atoms with van der Waals surface area (Å²) in [5, 5.41) is 14.1. The van der Waals surface area contributed by atoms with Gasteiger partial charge in [-0.15, -0.1) is 0 Å². The van der Waals surface area contributed by atoms with Gasteiger partial charge in [0.05, 0.1) is 25.9 Å². The van der Waals surface area contributed by atoms with Gasteiger partial charge in [-0.1, -0.05) is 18.2 Å². The first-order valence-electron chi connectivity index (χ1n) is 6.41. The van der Waals surface area contributed by atoms with Gasteiger partial charge in [0, 0.05) is 12.1 Å². The van der Waals surface area contributed by atoms with E-state index < -0.39 is 5.97 Å². The van der Waals surface area contributed by atoms with Gasteiger partial charge in [0.2, 0.25) is 0 Å². The van der Waals surface area contributed by atoms with Crippen LogP contribution in [0.15, 0.2) is 42.5 Å². The minimum Gasteiger partial charge on any atom is -0.545 e. The van der Waals surface area contributed by atoms with Crippen molar-refractivity contribution in [3.8, 4) is 11.5 Å². The molecule has 0 saturated carbocycles. The molecule has 0 atom stereocenters. The number of carbonyl (C=O) groups is 1. The monoisotopic (exact) mass is 286 g/mol. The summed E-state index contributed by atoms with van der Waals surface area (Å²) in [6.45, 7) is 0.483. The molecular formula is C16H16NO4-. The van der Waals surface area contributed by atoms with Gasteiger partial charge in [0.1, 0.15) is 11.5 Å². The topological polar surface area (TPSA) is 70.6 Å². The molecule has 5 heteroatoms. The molecule has 0 heterocycles. The number of anilines is 1. The standard InChI is InChI=1S/C16H17NO4/c1-20-14-6-4-3-5-12(14)10-17-13-9-11(16(18)19)7-8-15(13)21-2/h3-9,17H,10H2,1-2H3,(H,18,19)/p-1. The summed E-state index contributed by atoms with van der Waals surface area (Å²) in [5.41, 5.74) is 1.64. The van der Waals surface area contributed by atoms with E-state index in [1.807, 2.05) is 24.3 Å². The lowest BCUT2D eigenvalue weighted by Crippen LogP contribution is -2.22. The summed E-state index contributed by atoms with van der Waals surface area (Å²) in [6, 6.07) is 12.1. The van der Waals surface area contributed by atoms with Crippen LogP contribution < -0.4 is 19.9 Å². The maximum Gasteiger partial charge on any atom is 0.142 e. The zero-order valence-corrected chi connectivity index (χ0v) is 11.9. The molecule has 5 nitrogen and oxygen atoms in total. The molecule has 0 aliphatic carbocycles. The summed E-state index contributed by atoms with van der Waals surface area (Å²) < 4.78 is 10.5. The zero-order valence-electron chi connectivity index (χ0n) is 11.9. The van der Waals surface area contributed by atoms with E-state index in [9.17, 15) is 9.90 Å². The smallest absolute Gasteiger partial charge is 0.142 e. The zero-order chi connectivity index (χ0) is 15.2. The van der Waals surface area contributed by atoms with E-state index in [0.717, 1.165) is 11.3 Å². The lowest BCUT2D eigenvalue weighted by Gasteiger charge is -2.14. The highest BCUT2D eigenvalue weighted by molar-refractivity contribution is 5.88. The van der Waals surface area contributed by atoms with Gasteiger partial charge in [-0.2, -0.15) is 0 Å². The highest BCUT2D eigenvalue weighted by atomic mass is 16.5. The van der Waals surface area contributed by atoms with Crippen molar-refractivity contribution in [2.45, 2.75) is 6.54 Å². The lowest BCUT2D eigenvalue weighted by atomic mass is 10.1. The fourth-order valence-corrected chi connectivity index (χ4v) is 2.01. The first-order chi connectivity index (χ1) is 10.2. The number of benzene rings is 2. The number of aromatic carboxylic acids is 1. The summed E-state index contributed by atoms with van der Waals surface area (Å²) in [5.74, 6) is 0.105. The Hall–Kier alpha value is -2.69. The van der Waals surface area contributed by atoms with Gasteiger partial charge in [0.25, 0.3) is 0 Å². The van der Waals surface area contributed by atoms with E-state index in [-0.39, 0.29) is 5.56 Å². The van der Waals surface area contributed by atoms with Gasteiger partial charge in [-0.25, -0.2) is 0 Å². The van der Waals surface area contributed by atoms with Crippen LogP contribution >= 0.6 is 0 Å². The fourth-order valence-electron chi connectivity index (χ4n) is 2.01. The average Bonchev–Trinajstić information content (AvgIpc) is 2.52. The van der Waals surface area contributed by atoms with Crippen LogP contribution in [0.4, 0.5) is 5.69 Å². The first-order valence-corrected chi connectivity index (χ1v) is 6.41. The Kier molecular flexibility index (Phi) is 4.66. The number of hydrogen-bond donors (Lipinski definition) is 1. The summed E-state index contributed by atoms with van der Waals surface area (Å²) in [7, 11) is 3.14. The third-order valence-electron chi connectivity index (χ3n) is 3.10. The molecule has 0 bridgehead atoms. The second kappa shape index (κ2) is 6.65. The van der Waals surface area contributed by atoms with Crippen molar-refractivity contribution in [3.63, 3.8) is 0 Å². The molecule has 21 heavy (non-hydrogen) atoms. The number of rotatable bonds is 6. The predicted octanol–water partition coefficient (Wildman–Crippen LogP) is 1.68. The van der Waals surface area contributed by atoms with Crippen molar-refractivity contribution in [2.24, 2.45) is 0 Å². The van der Waals surface area contributed by atoms with Crippen molar-refractivity contribution in [2.75, 3.05) is 19.5 Å². The molecule has 0 aromatic heterocycles. The largest absolute Gasteiger partial charge is 0.545 e. The SMILES string of the molecule is COc1ccccc1CNc1cc(C(=O)[O-])ccc1OC. The van der Waals surface area contributed by atoms with Crippen LogP contribution in [0.1, 0.15) is 15.9 Å². The molecule has 0 unspecified atom stereocenters. The van der Waals surface area contributed by atoms with Gasteiger partial charge in [-0.3, -0.25) is 0 Å². The van der Waals surface area contributed by atoms with Crippen LogP contribution in [0.25, 0.3) is 0 Å². The van der Waals surface area contributed by atoms with Gasteiger partial charge in [-0.05, 0) is 29.8 Å². The highest BCUT2D eigenvalue weighted by Gasteiger charge is 2.07. The van der Waals surface area contributed by atoms with Crippen LogP contribution in [0.3, 0.4) is 0 Å². The number of para-hydroxylation sites is 1. The second-order valence-corrected chi connectivity index (χ2v) is 4.37. The summed E-state index contributed by atoms with van der Waals surface area (Å²) >= 11 is 0. The third-order valence-corrected chi connectivity index (χ3v) is 3.10. The van der Waals surface area contributed by atoms with E-state index in [4.69, 9.17) is 9.47 Å². The van der Waals surface area contributed by atoms with Gasteiger partial charge >= 0.3 is 0 Å². The van der Waals surface area contributed by atoms with Crippen LogP contribution in [0, 0.1) is 0 Å². The molecular weight excluding hydrogens is 270 g/mol. The van der Waals surface area contributed by atoms with Crippen molar-refractivity contribution in [3.05, 3.63) is 53.6 Å². The fraction of sp³-hybridized carbons (Fsp3) is 0.188. The average molecular weight is 286 g/mol. The van der Waals surface area contributed by atoms with E-state index in [2.05, 4.69) is 5.32 Å².